The Morgan fingerprint density at radius 2 is 2.22 bits per heavy atom. The first-order valence-electron chi connectivity index (χ1n) is 5.75. The van der Waals surface area contributed by atoms with Gasteiger partial charge in [-0.25, -0.2) is 0 Å². The molecule has 96 valence electrons. The molecule has 18 heavy (non-hydrogen) atoms. The van der Waals surface area contributed by atoms with E-state index < -0.39 is 0 Å². The highest BCUT2D eigenvalue weighted by atomic mass is 32.2. The third-order valence-electron chi connectivity index (χ3n) is 2.22. The van der Waals surface area contributed by atoms with Crippen LogP contribution in [0, 0.1) is 0 Å². The van der Waals surface area contributed by atoms with Crippen molar-refractivity contribution in [3.8, 4) is 0 Å². The van der Waals surface area contributed by atoms with Gasteiger partial charge in [0.2, 0.25) is 11.9 Å². The van der Waals surface area contributed by atoms with Crippen molar-refractivity contribution >= 4 is 35.2 Å². The van der Waals surface area contributed by atoms with Gasteiger partial charge >= 0.3 is 0 Å². The van der Waals surface area contributed by atoms with Crippen molar-refractivity contribution in [3.63, 3.8) is 0 Å². The summed E-state index contributed by atoms with van der Waals surface area (Å²) in [5, 5.41) is 9.19. The molecule has 1 aliphatic rings. The molecule has 1 aromatic carbocycles. The van der Waals surface area contributed by atoms with Gasteiger partial charge in [0.05, 0.1) is 10.6 Å². The second-order valence-corrected chi connectivity index (χ2v) is 5.15. The van der Waals surface area contributed by atoms with Crippen LogP contribution in [0.25, 0.3) is 0 Å². The summed E-state index contributed by atoms with van der Waals surface area (Å²) in [6.45, 7) is 5.61. The standard InChI is InChI=1S/C12H16N4OS/c1-7(2)13-12-15-10-5-4-9(14-8(3)17)6-11(10)18-16-12/h4-7H,1-3H3,(H,14,17)(H2,13,15,16). The van der Waals surface area contributed by atoms with Gasteiger partial charge in [-0.1, -0.05) is 0 Å². The lowest BCUT2D eigenvalue weighted by atomic mass is 10.2. The summed E-state index contributed by atoms with van der Waals surface area (Å²) in [7, 11) is 0. The Bertz CT molecular complexity index is 499. The van der Waals surface area contributed by atoms with Crippen molar-refractivity contribution in [2.24, 2.45) is 4.40 Å². The van der Waals surface area contributed by atoms with Gasteiger partial charge in [-0.15, -0.1) is 0 Å². The van der Waals surface area contributed by atoms with Crippen molar-refractivity contribution in [2.75, 3.05) is 10.6 Å². The first-order valence-corrected chi connectivity index (χ1v) is 6.52. The Morgan fingerprint density at radius 1 is 1.44 bits per heavy atom. The molecule has 0 radical (unpaired) electrons. The van der Waals surface area contributed by atoms with E-state index in [-0.39, 0.29) is 5.91 Å². The molecule has 5 nitrogen and oxygen atoms in total. The predicted molar refractivity (Wildman–Crippen MR) is 75.9 cm³/mol. The summed E-state index contributed by atoms with van der Waals surface area (Å²) in [5.74, 6) is 0.684. The largest absolute Gasteiger partial charge is 0.353 e. The van der Waals surface area contributed by atoms with Crippen LogP contribution in [0.5, 0.6) is 0 Å². The molecule has 1 aliphatic heterocycles. The van der Waals surface area contributed by atoms with Gasteiger partial charge in [0.25, 0.3) is 0 Å². The van der Waals surface area contributed by atoms with Gasteiger partial charge in [0, 0.05) is 30.6 Å². The van der Waals surface area contributed by atoms with Crippen LogP contribution < -0.4 is 16.0 Å². The highest BCUT2D eigenvalue weighted by Crippen LogP contribution is 2.33. The number of guanidine groups is 1. The maximum absolute atomic E-state index is 11.0. The van der Waals surface area contributed by atoms with Crippen molar-refractivity contribution in [1.82, 2.24) is 5.32 Å². The molecule has 1 heterocycles. The Hall–Kier alpha value is -1.69. The molecule has 1 aromatic rings. The molecular formula is C12H16N4OS. The molecular weight excluding hydrogens is 248 g/mol. The van der Waals surface area contributed by atoms with E-state index in [0.717, 1.165) is 22.2 Å². The van der Waals surface area contributed by atoms with Crippen molar-refractivity contribution in [2.45, 2.75) is 31.7 Å². The Balaban J connectivity index is 2.12. The maximum Gasteiger partial charge on any atom is 0.221 e. The van der Waals surface area contributed by atoms with Gasteiger partial charge in [-0.2, -0.15) is 4.40 Å². The Kier molecular flexibility index (Phi) is 3.76. The quantitative estimate of drug-likeness (QED) is 0.718. The monoisotopic (exact) mass is 264 g/mol. The number of hydrogen-bond donors (Lipinski definition) is 3. The van der Waals surface area contributed by atoms with Crippen molar-refractivity contribution < 1.29 is 4.79 Å². The first kappa shape index (κ1) is 12.8. The minimum atomic E-state index is -0.0746. The predicted octanol–water partition coefficient (Wildman–Crippen LogP) is 2.43. The fraction of sp³-hybridized carbons (Fsp3) is 0.333. The smallest absolute Gasteiger partial charge is 0.221 e. The Labute approximate surface area is 111 Å². The minimum Gasteiger partial charge on any atom is -0.353 e. The minimum absolute atomic E-state index is 0.0746. The summed E-state index contributed by atoms with van der Waals surface area (Å²) < 4.78 is 4.33. The van der Waals surface area contributed by atoms with E-state index in [1.807, 2.05) is 18.2 Å². The van der Waals surface area contributed by atoms with E-state index in [2.05, 4.69) is 34.2 Å². The number of hydrogen-bond acceptors (Lipinski definition) is 5. The van der Waals surface area contributed by atoms with E-state index in [4.69, 9.17) is 0 Å². The lowest BCUT2D eigenvalue weighted by molar-refractivity contribution is -0.114. The lowest BCUT2D eigenvalue weighted by Gasteiger charge is -2.20. The molecule has 0 unspecified atom stereocenters. The van der Waals surface area contributed by atoms with E-state index in [9.17, 15) is 4.79 Å². The van der Waals surface area contributed by atoms with E-state index in [1.54, 1.807) is 0 Å². The molecule has 0 atom stereocenters. The summed E-state index contributed by atoms with van der Waals surface area (Å²) in [5.41, 5.74) is 1.78. The third kappa shape index (κ3) is 3.16. The molecule has 0 bridgehead atoms. The number of benzene rings is 1. The number of amides is 1. The summed E-state index contributed by atoms with van der Waals surface area (Å²) >= 11 is 1.39. The van der Waals surface area contributed by atoms with Crippen LogP contribution in [0.1, 0.15) is 20.8 Å². The zero-order chi connectivity index (χ0) is 13.1. The number of nitrogens with one attached hydrogen (secondary N) is 3. The SMILES string of the molecule is CC(=O)Nc1ccc2c(c1)SN=C(NC(C)C)N2. The molecule has 0 aliphatic carbocycles. The number of anilines is 2. The van der Waals surface area contributed by atoms with Crippen LogP contribution >= 0.6 is 11.9 Å². The third-order valence-corrected chi connectivity index (χ3v) is 3.02. The molecule has 0 saturated heterocycles. The zero-order valence-electron chi connectivity index (χ0n) is 10.6. The van der Waals surface area contributed by atoms with Crippen LogP contribution in [0.2, 0.25) is 0 Å². The highest BCUT2D eigenvalue weighted by Gasteiger charge is 2.13. The number of nitrogens with zero attached hydrogens (tertiary/aromatic N) is 1. The van der Waals surface area contributed by atoms with Crippen LogP contribution in [-0.4, -0.2) is 17.9 Å². The fourth-order valence-electron chi connectivity index (χ4n) is 1.56. The number of fused-ring (bicyclic) bond motifs is 1. The first-order chi connectivity index (χ1) is 8.54. The van der Waals surface area contributed by atoms with Crippen LogP contribution in [-0.2, 0) is 4.79 Å². The molecule has 6 heteroatoms. The molecule has 0 saturated carbocycles. The second-order valence-electron chi connectivity index (χ2n) is 4.35. The molecule has 2 rings (SSSR count). The molecule has 0 aromatic heterocycles. The Morgan fingerprint density at radius 3 is 2.89 bits per heavy atom. The van der Waals surface area contributed by atoms with Gasteiger partial charge in [0.1, 0.15) is 0 Å². The summed E-state index contributed by atoms with van der Waals surface area (Å²) in [4.78, 5) is 12.0. The molecule has 1 amide bonds. The van der Waals surface area contributed by atoms with Crippen molar-refractivity contribution in [3.05, 3.63) is 18.2 Å². The van der Waals surface area contributed by atoms with E-state index in [0.29, 0.717) is 6.04 Å². The summed E-state index contributed by atoms with van der Waals surface area (Å²) in [6, 6.07) is 6.04. The van der Waals surface area contributed by atoms with Gasteiger partial charge in [-0.05, 0) is 32.0 Å². The molecule has 0 spiro atoms. The number of carbonyl (C=O) groups is 1. The number of carbonyl (C=O) groups excluding carboxylic acids is 1. The van der Waals surface area contributed by atoms with E-state index >= 15 is 0 Å². The zero-order valence-corrected chi connectivity index (χ0v) is 11.4. The van der Waals surface area contributed by atoms with Gasteiger partial charge in [-0.3, -0.25) is 4.79 Å². The summed E-state index contributed by atoms with van der Waals surface area (Å²) in [6.07, 6.45) is 0. The van der Waals surface area contributed by atoms with Crippen LogP contribution in [0.3, 0.4) is 0 Å². The van der Waals surface area contributed by atoms with Crippen LogP contribution in [0.4, 0.5) is 11.4 Å². The average Bonchev–Trinajstić information content (AvgIpc) is 2.27. The van der Waals surface area contributed by atoms with Crippen molar-refractivity contribution in [1.29, 1.82) is 0 Å². The average molecular weight is 264 g/mol. The van der Waals surface area contributed by atoms with Gasteiger partial charge in [0.15, 0.2) is 0 Å². The molecule has 3 N–H and O–H groups in total. The second kappa shape index (κ2) is 5.30. The fourth-order valence-corrected chi connectivity index (χ4v) is 2.25. The van der Waals surface area contributed by atoms with Gasteiger partial charge < -0.3 is 16.0 Å². The number of rotatable bonds is 2. The topological polar surface area (TPSA) is 65.5 Å². The molecule has 0 fully saturated rings. The maximum atomic E-state index is 11.0. The normalized spacial score (nSPS) is 13.4. The van der Waals surface area contributed by atoms with Crippen LogP contribution in [0.15, 0.2) is 27.5 Å². The highest BCUT2D eigenvalue weighted by molar-refractivity contribution is 7.98. The lowest BCUT2D eigenvalue weighted by Crippen LogP contribution is -2.36. The van der Waals surface area contributed by atoms with E-state index in [1.165, 1.54) is 18.9 Å².